The second-order valence-corrected chi connectivity index (χ2v) is 4.31. The molecule has 2 rings (SSSR count). The highest BCUT2D eigenvalue weighted by Gasteiger charge is 2.50. The van der Waals surface area contributed by atoms with Crippen LogP contribution < -0.4 is 10.6 Å². The van der Waals surface area contributed by atoms with Gasteiger partial charge in [0.2, 0.25) is 5.91 Å². The zero-order valence-electron chi connectivity index (χ0n) is 8.64. The molecule has 1 heterocycles. The van der Waals surface area contributed by atoms with Crippen molar-refractivity contribution in [2.24, 2.45) is 5.92 Å². The van der Waals surface area contributed by atoms with Gasteiger partial charge < -0.3 is 15.4 Å². The number of carbonyl (C=O) groups is 1. The molecule has 1 saturated heterocycles. The standard InChI is InChI=1S/C10H18N2O2/c1-14-5-3-9(13)12-10-4-2-8(10)6-11-7-10/h8,11H,2-7H2,1H3,(H,12,13). The zero-order valence-corrected chi connectivity index (χ0v) is 8.64. The number of rotatable bonds is 4. The van der Waals surface area contributed by atoms with Crippen molar-refractivity contribution in [3.8, 4) is 0 Å². The van der Waals surface area contributed by atoms with Crippen LogP contribution in [0.3, 0.4) is 0 Å². The highest BCUT2D eigenvalue weighted by molar-refractivity contribution is 5.77. The van der Waals surface area contributed by atoms with E-state index in [9.17, 15) is 4.79 Å². The Bertz CT molecular complexity index is 232. The molecule has 2 N–H and O–H groups in total. The van der Waals surface area contributed by atoms with E-state index in [0.29, 0.717) is 18.9 Å². The van der Waals surface area contributed by atoms with Crippen LogP contribution >= 0.6 is 0 Å². The Balaban J connectivity index is 1.81. The number of hydrogen-bond acceptors (Lipinski definition) is 3. The van der Waals surface area contributed by atoms with Crippen molar-refractivity contribution < 1.29 is 9.53 Å². The maximum atomic E-state index is 11.5. The Morgan fingerprint density at radius 3 is 3.14 bits per heavy atom. The van der Waals surface area contributed by atoms with Crippen molar-refractivity contribution in [3.05, 3.63) is 0 Å². The molecule has 14 heavy (non-hydrogen) atoms. The Labute approximate surface area is 84.4 Å². The van der Waals surface area contributed by atoms with Gasteiger partial charge in [0.25, 0.3) is 0 Å². The molecule has 0 aromatic carbocycles. The molecule has 0 aromatic rings. The second-order valence-electron chi connectivity index (χ2n) is 4.31. The minimum absolute atomic E-state index is 0.0881. The van der Waals surface area contributed by atoms with E-state index < -0.39 is 0 Å². The number of hydrogen-bond donors (Lipinski definition) is 2. The third-order valence-electron chi connectivity index (χ3n) is 3.47. The van der Waals surface area contributed by atoms with Gasteiger partial charge in [-0.3, -0.25) is 4.79 Å². The average Bonchev–Trinajstić information content (AvgIpc) is 2.42. The summed E-state index contributed by atoms with van der Waals surface area (Å²) in [5.41, 5.74) is 0.0881. The highest BCUT2D eigenvalue weighted by atomic mass is 16.5. The van der Waals surface area contributed by atoms with E-state index in [0.717, 1.165) is 19.5 Å². The molecule has 80 valence electrons. The van der Waals surface area contributed by atoms with Gasteiger partial charge in [0.15, 0.2) is 0 Å². The molecular formula is C10H18N2O2. The van der Waals surface area contributed by atoms with Gasteiger partial charge in [0, 0.05) is 26.6 Å². The smallest absolute Gasteiger partial charge is 0.222 e. The lowest BCUT2D eigenvalue weighted by molar-refractivity contribution is -0.125. The van der Waals surface area contributed by atoms with E-state index >= 15 is 0 Å². The second kappa shape index (κ2) is 3.87. The number of amides is 1. The number of ether oxygens (including phenoxy) is 1. The van der Waals surface area contributed by atoms with Crippen LogP contribution in [0.4, 0.5) is 0 Å². The zero-order chi connectivity index (χ0) is 10.0. The van der Waals surface area contributed by atoms with Gasteiger partial charge in [-0.1, -0.05) is 0 Å². The van der Waals surface area contributed by atoms with Crippen LogP contribution in [-0.4, -0.2) is 38.3 Å². The van der Waals surface area contributed by atoms with Crippen molar-refractivity contribution in [2.45, 2.75) is 24.8 Å². The van der Waals surface area contributed by atoms with E-state index in [-0.39, 0.29) is 11.4 Å². The van der Waals surface area contributed by atoms with E-state index in [1.165, 1.54) is 6.42 Å². The van der Waals surface area contributed by atoms with Gasteiger partial charge in [0.1, 0.15) is 0 Å². The quantitative estimate of drug-likeness (QED) is 0.663. The summed E-state index contributed by atoms with van der Waals surface area (Å²) < 4.78 is 4.88. The summed E-state index contributed by atoms with van der Waals surface area (Å²) in [5.74, 6) is 0.786. The summed E-state index contributed by atoms with van der Waals surface area (Å²) in [7, 11) is 1.62. The summed E-state index contributed by atoms with van der Waals surface area (Å²) in [6.45, 7) is 2.51. The van der Waals surface area contributed by atoms with E-state index in [2.05, 4.69) is 10.6 Å². The molecule has 1 aliphatic carbocycles. The topological polar surface area (TPSA) is 50.4 Å². The third kappa shape index (κ3) is 1.64. The normalized spacial score (nSPS) is 34.8. The molecular weight excluding hydrogens is 180 g/mol. The van der Waals surface area contributed by atoms with Crippen molar-refractivity contribution in [1.29, 1.82) is 0 Å². The highest BCUT2D eigenvalue weighted by Crippen LogP contribution is 2.40. The van der Waals surface area contributed by atoms with Crippen molar-refractivity contribution >= 4 is 5.91 Å². The van der Waals surface area contributed by atoms with Crippen LogP contribution in [0.15, 0.2) is 0 Å². The Morgan fingerprint density at radius 1 is 1.71 bits per heavy atom. The minimum Gasteiger partial charge on any atom is -0.384 e. The molecule has 2 aliphatic rings. The Morgan fingerprint density at radius 2 is 2.57 bits per heavy atom. The van der Waals surface area contributed by atoms with E-state index in [1.54, 1.807) is 7.11 Å². The van der Waals surface area contributed by atoms with Gasteiger partial charge in [-0.25, -0.2) is 0 Å². The first-order valence-electron chi connectivity index (χ1n) is 5.27. The van der Waals surface area contributed by atoms with Crippen molar-refractivity contribution in [2.75, 3.05) is 26.8 Å². The van der Waals surface area contributed by atoms with Crippen LogP contribution in [0.5, 0.6) is 0 Å². The molecule has 4 nitrogen and oxygen atoms in total. The molecule has 1 aliphatic heterocycles. The first-order valence-corrected chi connectivity index (χ1v) is 5.27. The lowest BCUT2D eigenvalue weighted by Crippen LogP contribution is -2.60. The maximum absolute atomic E-state index is 11.5. The van der Waals surface area contributed by atoms with Crippen LogP contribution in [0, 0.1) is 5.92 Å². The van der Waals surface area contributed by atoms with Crippen LogP contribution in [0.25, 0.3) is 0 Å². The lowest BCUT2D eigenvalue weighted by atomic mass is 9.69. The molecule has 0 bridgehead atoms. The summed E-state index contributed by atoms with van der Waals surface area (Å²) in [6.07, 6.45) is 2.85. The van der Waals surface area contributed by atoms with Crippen molar-refractivity contribution in [1.82, 2.24) is 10.6 Å². The molecule has 2 atom stereocenters. The Kier molecular flexibility index (Phi) is 2.74. The lowest BCUT2D eigenvalue weighted by Gasteiger charge is -2.44. The molecule has 0 spiro atoms. The van der Waals surface area contributed by atoms with Crippen LogP contribution in [0.2, 0.25) is 0 Å². The fourth-order valence-electron chi connectivity index (χ4n) is 2.44. The third-order valence-corrected chi connectivity index (χ3v) is 3.47. The molecule has 1 amide bonds. The number of carbonyl (C=O) groups excluding carboxylic acids is 1. The van der Waals surface area contributed by atoms with Gasteiger partial charge in [-0.15, -0.1) is 0 Å². The molecule has 0 aromatic heterocycles. The van der Waals surface area contributed by atoms with E-state index in [4.69, 9.17) is 4.74 Å². The molecule has 2 fully saturated rings. The summed E-state index contributed by atoms with van der Waals surface area (Å²) in [5, 5.41) is 6.49. The first kappa shape index (κ1) is 9.93. The van der Waals surface area contributed by atoms with Gasteiger partial charge in [0.05, 0.1) is 12.1 Å². The largest absolute Gasteiger partial charge is 0.384 e. The Hall–Kier alpha value is -0.610. The average molecular weight is 198 g/mol. The van der Waals surface area contributed by atoms with E-state index in [1.807, 2.05) is 0 Å². The van der Waals surface area contributed by atoms with Gasteiger partial charge >= 0.3 is 0 Å². The minimum atomic E-state index is 0.0881. The fraction of sp³-hybridized carbons (Fsp3) is 0.900. The van der Waals surface area contributed by atoms with Crippen LogP contribution in [0.1, 0.15) is 19.3 Å². The number of methoxy groups -OCH3 is 1. The predicted octanol–water partition coefficient (Wildman–Crippen LogP) is -0.109. The molecule has 4 heteroatoms. The van der Waals surface area contributed by atoms with Gasteiger partial charge in [-0.2, -0.15) is 0 Å². The number of nitrogens with one attached hydrogen (secondary N) is 2. The summed E-state index contributed by atoms with van der Waals surface area (Å²) in [6, 6.07) is 0. The first-order chi connectivity index (χ1) is 6.77. The summed E-state index contributed by atoms with van der Waals surface area (Å²) in [4.78, 5) is 11.5. The fourth-order valence-corrected chi connectivity index (χ4v) is 2.44. The molecule has 1 saturated carbocycles. The number of fused-ring (bicyclic) bond motifs is 1. The van der Waals surface area contributed by atoms with Crippen LogP contribution in [-0.2, 0) is 9.53 Å². The summed E-state index contributed by atoms with van der Waals surface area (Å²) >= 11 is 0. The van der Waals surface area contributed by atoms with Crippen molar-refractivity contribution in [3.63, 3.8) is 0 Å². The molecule has 0 radical (unpaired) electrons. The monoisotopic (exact) mass is 198 g/mol. The van der Waals surface area contributed by atoms with Gasteiger partial charge in [-0.05, 0) is 18.8 Å². The SMILES string of the molecule is COCCC(=O)NC12CCC1CNC2. The maximum Gasteiger partial charge on any atom is 0.222 e. The molecule has 2 unspecified atom stereocenters. The predicted molar refractivity (Wildman–Crippen MR) is 53.0 cm³/mol.